The van der Waals surface area contributed by atoms with Crippen molar-refractivity contribution in [3.63, 3.8) is 0 Å². The number of nitrogens with zero attached hydrogens (tertiary/aromatic N) is 5. The summed E-state index contributed by atoms with van der Waals surface area (Å²) in [5.74, 6) is 1.14. The summed E-state index contributed by atoms with van der Waals surface area (Å²) in [5, 5.41) is 0. The molecule has 0 unspecified atom stereocenters. The Labute approximate surface area is 176 Å². The lowest BCUT2D eigenvalue weighted by molar-refractivity contribution is -0.142. The van der Waals surface area contributed by atoms with Gasteiger partial charge in [-0.05, 0) is 30.2 Å². The van der Waals surface area contributed by atoms with E-state index in [1.807, 2.05) is 53.2 Å². The summed E-state index contributed by atoms with van der Waals surface area (Å²) >= 11 is 0. The molecule has 1 aliphatic rings. The number of likely N-dealkylation sites (N-methyl/N-ethyl adjacent to an activating group) is 1. The van der Waals surface area contributed by atoms with Gasteiger partial charge in [0.1, 0.15) is 5.82 Å². The Hall–Kier alpha value is -3.48. The molecule has 0 spiro atoms. The number of nitrogen functional groups attached to an aromatic ring is 1. The standard InChI is InChI=1S/C23H26N6O/c1-28(14-11-19-9-5-6-12-25-19)21(30)23(15-18-7-3-2-4-8-18)16-29(17-23)22-26-13-10-20(24)27-22/h2-10,12-13H,11,14-17H2,1H3,(H2,24,26,27). The van der Waals surface area contributed by atoms with Crippen LogP contribution in [0.1, 0.15) is 11.3 Å². The lowest BCUT2D eigenvalue weighted by atomic mass is 9.73. The van der Waals surface area contributed by atoms with E-state index in [0.29, 0.717) is 37.8 Å². The molecular formula is C23H26N6O. The zero-order valence-corrected chi connectivity index (χ0v) is 17.1. The molecule has 3 aromatic rings. The molecule has 2 aromatic heterocycles. The first kappa shape index (κ1) is 19.8. The molecule has 1 saturated heterocycles. The van der Waals surface area contributed by atoms with E-state index in [9.17, 15) is 4.79 Å². The maximum atomic E-state index is 13.5. The number of anilines is 2. The molecule has 30 heavy (non-hydrogen) atoms. The number of nitrogens with two attached hydrogens (primary N) is 1. The van der Waals surface area contributed by atoms with Gasteiger partial charge in [-0.1, -0.05) is 36.4 Å². The summed E-state index contributed by atoms with van der Waals surface area (Å²) in [5.41, 5.74) is 7.44. The lowest BCUT2D eigenvalue weighted by Gasteiger charge is -2.50. The van der Waals surface area contributed by atoms with Crippen molar-refractivity contribution in [3.05, 3.63) is 78.2 Å². The Bertz CT molecular complexity index is 989. The van der Waals surface area contributed by atoms with Gasteiger partial charge in [0, 0.05) is 51.2 Å². The van der Waals surface area contributed by atoms with Crippen LogP contribution in [0.3, 0.4) is 0 Å². The van der Waals surface area contributed by atoms with Crippen molar-refractivity contribution in [2.24, 2.45) is 5.41 Å². The quantitative estimate of drug-likeness (QED) is 0.652. The average Bonchev–Trinajstić information content (AvgIpc) is 2.75. The smallest absolute Gasteiger partial charge is 0.232 e. The fourth-order valence-corrected chi connectivity index (χ4v) is 3.98. The molecule has 7 heteroatoms. The van der Waals surface area contributed by atoms with Crippen LogP contribution in [-0.4, -0.2) is 52.4 Å². The molecular weight excluding hydrogens is 376 g/mol. The SMILES string of the molecule is CN(CCc1ccccn1)C(=O)C1(Cc2ccccc2)CN(c2nccc(N)n2)C1. The van der Waals surface area contributed by atoms with E-state index in [4.69, 9.17) is 5.73 Å². The van der Waals surface area contributed by atoms with Gasteiger partial charge < -0.3 is 15.5 Å². The molecule has 1 aliphatic heterocycles. The van der Waals surface area contributed by atoms with Crippen LogP contribution in [0.25, 0.3) is 0 Å². The van der Waals surface area contributed by atoms with E-state index in [2.05, 4.69) is 27.1 Å². The normalized spacial score (nSPS) is 14.8. The molecule has 0 bridgehead atoms. The maximum Gasteiger partial charge on any atom is 0.232 e. The first-order valence-corrected chi connectivity index (χ1v) is 10.1. The summed E-state index contributed by atoms with van der Waals surface area (Å²) in [6, 6.07) is 17.7. The highest BCUT2D eigenvalue weighted by atomic mass is 16.2. The number of carbonyl (C=O) groups excluding carboxylic acids is 1. The van der Waals surface area contributed by atoms with Gasteiger partial charge in [0.05, 0.1) is 5.41 Å². The third-order valence-corrected chi connectivity index (χ3v) is 5.55. The molecule has 1 amide bonds. The Morgan fingerprint density at radius 2 is 1.83 bits per heavy atom. The Kier molecular flexibility index (Phi) is 5.61. The van der Waals surface area contributed by atoms with Crippen LogP contribution in [-0.2, 0) is 17.6 Å². The number of pyridine rings is 1. The molecule has 0 saturated carbocycles. The van der Waals surface area contributed by atoms with Gasteiger partial charge in [-0.25, -0.2) is 4.98 Å². The van der Waals surface area contributed by atoms with Crippen molar-refractivity contribution in [1.82, 2.24) is 19.9 Å². The highest BCUT2D eigenvalue weighted by molar-refractivity contribution is 5.86. The summed E-state index contributed by atoms with van der Waals surface area (Å²) in [4.78, 5) is 30.4. The number of aromatic nitrogens is 3. The highest BCUT2D eigenvalue weighted by Crippen LogP contribution is 2.38. The monoisotopic (exact) mass is 402 g/mol. The Balaban J connectivity index is 1.49. The molecule has 0 aliphatic carbocycles. The second kappa shape index (κ2) is 8.49. The highest BCUT2D eigenvalue weighted by Gasteiger charge is 2.51. The van der Waals surface area contributed by atoms with Crippen molar-refractivity contribution in [2.45, 2.75) is 12.8 Å². The molecule has 3 heterocycles. The van der Waals surface area contributed by atoms with Gasteiger partial charge in [-0.15, -0.1) is 0 Å². The number of benzene rings is 1. The first-order chi connectivity index (χ1) is 14.6. The fraction of sp³-hybridized carbons (Fsp3) is 0.304. The summed E-state index contributed by atoms with van der Waals surface area (Å²) in [7, 11) is 1.87. The minimum Gasteiger partial charge on any atom is -0.384 e. The Morgan fingerprint density at radius 3 is 2.53 bits per heavy atom. The van der Waals surface area contributed by atoms with E-state index >= 15 is 0 Å². The van der Waals surface area contributed by atoms with Crippen molar-refractivity contribution in [1.29, 1.82) is 0 Å². The number of hydrogen-bond donors (Lipinski definition) is 1. The van der Waals surface area contributed by atoms with Crippen LogP contribution < -0.4 is 10.6 Å². The molecule has 1 fully saturated rings. The molecule has 0 atom stereocenters. The van der Waals surface area contributed by atoms with Crippen molar-refractivity contribution in [3.8, 4) is 0 Å². The fourth-order valence-electron chi connectivity index (χ4n) is 3.98. The maximum absolute atomic E-state index is 13.5. The van der Waals surface area contributed by atoms with Gasteiger partial charge in [-0.2, -0.15) is 4.98 Å². The predicted octanol–water partition coefficient (Wildman–Crippen LogP) is 2.20. The number of rotatable bonds is 7. The van der Waals surface area contributed by atoms with E-state index < -0.39 is 5.41 Å². The molecule has 1 aromatic carbocycles. The largest absolute Gasteiger partial charge is 0.384 e. The molecule has 4 rings (SSSR count). The minimum atomic E-state index is -0.506. The number of hydrogen-bond acceptors (Lipinski definition) is 6. The second-order valence-electron chi connectivity index (χ2n) is 7.88. The van der Waals surface area contributed by atoms with Gasteiger partial charge in [0.2, 0.25) is 11.9 Å². The van der Waals surface area contributed by atoms with Gasteiger partial charge in [0.25, 0.3) is 0 Å². The lowest BCUT2D eigenvalue weighted by Crippen LogP contribution is -2.65. The minimum absolute atomic E-state index is 0.141. The van der Waals surface area contributed by atoms with Crippen LogP contribution in [0, 0.1) is 5.41 Å². The van der Waals surface area contributed by atoms with Crippen LogP contribution in [0.5, 0.6) is 0 Å². The third-order valence-electron chi connectivity index (χ3n) is 5.55. The van der Waals surface area contributed by atoms with Crippen molar-refractivity contribution in [2.75, 3.05) is 37.3 Å². The third kappa shape index (κ3) is 4.25. The van der Waals surface area contributed by atoms with Crippen LogP contribution in [0.15, 0.2) is 67.0 Å². The van der Waals surface area contributed by atoms with Crippen LogP contribution >= 0.6 is 0 Å². The zero-order valence-electron chi connectivity index (χ0n) is 17.1. The van der Waals surface area contributed by atoms with Gasteiger partial charge in [0.15, 0.2) is 0 Å². The topological polar surface area (TPSA) is 88.2 Å². The van der Waals surface area contributed by atoms with Gasteiger partial charge >= 0.3 is 0 Å². The molecule has 154 valence electrons. The van der Waals surface area contributed by atoms with Crippen LogP contribution in [0.4, 0.5) is 11.8 Å². The predicted molar refractivity (Wildman–Crippen MR) is 117 cm³/mol. The van der Waals surface area contributed by atoms with E-state index in [0.717, 1.165) is 17.7 Å². The second-order valence-corrected chi connectivity index (χ2v) is 7.88. The average molecular weight is 403 g/mol. The first-order valence-electron chi connectivity index (χ1n) is 10.1. The molecule has 7 nitrogen and oxygen atoms in total. The number of amides is 1. The van der Waals surface area contributed by atoms with Crippen molar-refractivity contribution < 1.29 is 4.79 Å². The Morgan fingerprint density at radius 1 is 1.07 bits per heavy atom. The number of carbonyl (C=O) groups is 1. The van der Waals surface area contributed by atoms with E-state index in [1.54, 1.807) is 18.5 Å². The van der Waals surface area contributed by atoms with Gasteiger partial charge in [-0.3, -0.25) is 9.78 Å². The summed E-state index contributed by atoms with van der Waals surface area (Å²) in [6.07, 6.45) is 4.84. The molecule has 2 N–H and O–H groups in total. The zero-order chi connectivity index (χ0) is 21.0. The summed E-state index contributed by atoms with van der Waals surface area (Å²) in [6.45, 7) is 1.76. The molecule has 0 radical (unpaired) electrons. The van der Waals surface area contributed by atoms with E-state index in [-0.39, 0.29) is 5.91 Å². The summed E-state index contributed by atoms with van der Waals surface area (Å²) < 4.78 is 0. The van der Waals surface area contributed by atoms with Crippen molar-refractivity contribution >= 4 is 17.7 Å². The van der Waals surface area contributed by atoms with E-state index in [1.165, 1.54) is 0 Å². The van der Waals surface area contributed by atoms with Crippen LogP contribution in [0.2, 0.25) is 0 Å².